The summed E-state index contributed by atoms with van der Waals surface area (Å²) in [5.41, 5.74) is 1.28. The van der Waals surface area contributed by atoms with Crippen LogP contribution >= 0.6 is 0 Å². The SMILES string of the molecule is COc1cc(CNc2cc3cccc(OC)c3oc2=O)cc(OC)c1. The van der Waals surface area contributed by atoms with Crippen molar-refractivity contribution in [1.29, 1.82) is 0 Å². The second-order valence-corrected chi connectivity index (χ2v) is 5.40. The molecule has 0 aliphatic rings. The van der Waals surface area contributed by atoms with Gasteiger partial charge in [-0.15, -0.1) is 0 Å². The van der Waals surface area contributed by atoms with E-state index in [2.05, 4.69) is 5.32 Å². The first-order valence-electron chi connectivity index (χ1n) is 7.71. The maximum Gasteiger partial charge on any atom is 0.359 e. The van der Waals surface area contributed by atoms with Gasteiger partial charge in [0, 0.05) is 18.0 Å². The Kier molecular flexibility index (Phi) is 4.79. The van der Waals surface area contributed by atoms with Crippen molar-refractivity contribution in [3.8, 4) is 17.2 Å². The summed E-state index contributed by atoms with van der Waals surface area (Å²) in [4.78, 5) is 12.2. The van der Waals surface area contributed by atoms with Gasteiger partial charge in [0.05, 0.1) is 21.3 Å². The van der Waals surface area contributed by atoms with Gasteiger partial charge < -0.3 is 23.9 Å². The number of benzene rings is 2. The smallest absolute Gasteiger partial charge is 0.359 e. The van der Waals surface area contributed by atoms with Crippen molar-refractivity contribution in [3.05, 3.63) is 58.4 Å². The molecule has 6 nitrogen and oxygen atoms in total. The molecule has 0 amide bonds. The summed E-state index contributed by atoms with van der Waals surface area (Å²) in [6.07, 6.45) is 0. The molecule has 1 N–H and O–H groups in total. The summed E-state index contributed by atoms with van der Waals surface area (Å²) in [5, 5.41) is 3.89. The molecule has 2 aromatic carbocycles. The topological polar surface area (TPSA) is 69.9 Å². The summed E-state index contributed by atoms with van der Waals surface area (Å²) in [5.74, 6) is 1.90. The molecule has 0 bridgehead atoms. The summed E-state index contributed by atoms with van der Waals surface area (Å²) in [6, 6.07) is 12.8. The predicted molar refractivity (Wildman–Crippen MR) is 95.9 cm³/mol. The fourth-order valence-electron chi connectivity index (χ4n) is 2.57. The molecule has 1 aromatic heterocycles. The summed E-state index contributed by atoms with van der Waals surface area (Å²) in [7, 11) is 4.73. The van der Waals surface area contributed by atoms with Crippen LogP contribution in [0, 0.1) is 0 Å². The van der Waals surface area contributed by atoms with Crippen LogP contribution in [-0.2, 0) is 6.54 Å². The number of nitrogens with one attached hydrogen (secondary N) is 1. The fraction of sp³-hybridized carbons (Fsp3) is 0.211. The van der Waals surface area contributed by atoms with Gasteiger partial charge in [0.25, 0.3) is 0 Å². The highest BCUT2D eigenvalue weighted by Gasteiger charge is 2.09. The Morgan fingerprint density at radius 1 is 0.960 bits per heavy atom. The normalized spacial score (nSPS) is 10.5. The maximum absolute atomic E-state index is 12.2. The Hall–Kier alpha value is -3.15. The summed E-state index contributed by atoms with van der Waals surface area (Å²) >= 11 is 0. The number of para-hydroxylation sites is 1. The molecule has 0 saturated carbocycles. The lowest BCUT2D eigenvalue weighted by Crippen LogP contribution is -2.10. The molecule has 0 aliphatic carbocycles. The summed E-state index contributed by atoms with van der Waals surface area (Å²) in [6.45, 7) is 0.424. The van der Waals surface area contributed by atoms with E-state index in [0.29, 0.717) is 35.1 Å². The number of anilines is 1. The molecule has 3 aromatic rings. The molecule has 0 saturated heterocycles. The van der Waals surface area contributed by atoms with Crippen molar-refractivity contribution in [2.75, 3.05) is 26.6 Å². The average molecular weight is 341 g/mol. The average Bonchev–Trinajstić information content (AvgIpc) is 2.65. The first-order valence-corrected chi connectivity index (χ1v) is 7.71. The molecular weight excluding hydrogens is 322 g/mol. The molecule has 6 heteroatoms. The zero-order chi connectivity index (χ0) is 17.8. The van der Waals surface area contributed by atoms with Crippen LogP contribution in [-0.4, -0.2) is 21.3 Å². The minimum absolute atomic E-state index is 0.377. The van der Waals surface area contributed by atoms with Crippen LogP contribution in [0.1, 0.15) is 5.56 Å². The lowest BCUT2D eigenvalue weighted by Gasteiger charge is -2.10. The van der Waals surface area contributed by atoms with Crippen molar-refractivity contribution in [2.24, 2.45) is 0 Å². The van der Waals surface area contributed by atoms with Gasteiger partial charge in [-0.2, -0.15) is 0 Å². The van der Waals surface area contributed by atoms with Crippen LogP contribution < -0.4 is 25.2 Å². The van der Waals surface area contributed by atoms with Crippen molar-refractivity contribution in [2.45, 2.75) is 6.54 Å². The van der Waals surface area contributed by atoms with Crippen LogP contribution in [0.15, 0.2) is 51.7 Å². The maximum atomic E-state index is 12.2. The van der Waals surface area contributed by atoms with Gasteiger partial charge in [0.1, 0.15) is 17.2 Å². The van der Waals surface area contributed by atoms with Crippen LogP contribution in [0.3, 0.4) is 0 Å². The quantitative estimate of drug-likeness (QED) is 0.693. The van der Waals surface area contributed by atoms with Gasteiger partial charge in [-0.1, -0.05) is 12.1 Å². The van der Waals surface area contributed by atoms with E-state index in [-0.39, 0.29) is 0 Å². The minimum atomic E-state index is -0.452. The Balaban J connectivity index is 1.89. The van der Waals surface area contributed by atoms with Crippen molar-refractivity contribution in [1.82, 2.24) is 0 Å². The third-order valence-corrected chi connectivity index (χ3v) is 3.84. The largest absolute Gasteiger partial charge is 0.497 e. The minimum Gasteiger partial charge on any atom is -0.497 e. The van der Waals surface area contributed by atoms with E-state index < -0.39 is 5.63 Å². The lowest BCUT2D eigenvalue weighted by molar-refractivity contribution is 0.393. The molecule has 0 fully saturated rings. The van der Waals surface area contributed by atoms with Crippen LogP contribution in [0.25, 0.3) is 11.0 Å². The first-order chi connectivity index (χ1) is 12.1. The third kappa shape index (κ3) is 3.52. The second-order valence-electron chi connectivity index (χ2n) is 5.40. The Morgan fingerprint density at radius 3 is 2.32 bits per heavy atom. The van der Waals surface area contributed by atoms with Gasteiger partial charge in [-0.25, -0.2) is 4.79 Å². The highest BCUT2D eigenvalue weighted by molar-refractivity contribution is 5.84. The Bertz CT molecular complexity index is 926. The number of rotatable bonds is 6. The molecule has 0 spiro atoms. The Labute approximate surface area is 144 Å². The van der Waals surface area contributed by atoms with Gasteiger partial charge in [-0.3, -0.25) is 0 Å². The van der Waals surface area contributed by atoms with Gasteiger partial charge in [0.15, 0.2) is 11.3 Å². The fourth-order valence-corrected chi connectivity index (χ4v) is 2.57. The molecule has 3 rings (SSSR count). The molecule has 25 heavy (non-hydrogen) atoms. The van der Waals surface area contributed by atoms with E-state index in [0.717, 1.165) is 10.9 Å². The van der Waals surface area contributed by atoms with Crippen LogP contribution in [0.2, 0.25) is 0 Å². The standard InChI is InChI=1S/C19H19NO5/c1-22-14-7-12(8-15(10-14)23-2)11-20-16-9-13-5-4-6-17(24-3)18(13)25-19(16)21/h4-10,20H,11H2,1-3H3. The molecule has 0 unspecified atom stereocenters. The lowest BCUT2D eigenvalue weighted by atomic mass is 10.2. The van der Waals surface area contributed by atoms with E-state index in [1.165, 1.54) is 7.11 Å². The van der Waals surface area contributed by atoms with Gasteiger partial charge in [-0.05, 0) is 29.8 Å². The number of methoxy groups -OCH3 is 3. The van der Waals surface area contributed by atoms with E-state index in [1.807, 2.05) is 24.3 Å². The molecular formula is C19H19NO5. The molecule has 0 aliphatic heterocycles. The van der Waals surface area contributed by atoms with E-state index >= 15 is 0 Å². The van der Waals surface area contributed by atoms with E-state index in [9.17, 15) is 4.79 Å². The summed E-state index contributed by atoms with van der Waals surface area (Å²) < 4.78 is 21.1. The number of fused-ring (bicyclic) bond motifs is 1. The Morgan fingerprint density at radius 2 is 1.68 bits per heavy atom. The van der Waals surface area contributed by atoms with Gasteiger partial charge in [0.2, 0.25) is 0 Å². The van der Waals surface area contributed by atoms with Crippen molar-refractivity contribution >= 4 is 16.7 Å². The second kappa shape index (κ2) is 7.17. The van der Waals surface area contributed by atoms with Crippen molar-refractivity contribution < 1.29 is 18.6 Å². The van der Waals surface area contributed by atoms with Gasteiger partial charge >= 0.3 is 5.63 Å². The predicted octanol–water partition coefficient (Wildman–Crippen LogP) is 3.43. The third-order valence-electron chi connectivity index (χ3n) is 3.84. The number of hydrogen-bond donors (Lipinski definition) is 1. The first kappa shape index (κ1) is 16.7. The zero-order valence-electron chi connectivity index (χ0n) is 14.3. The molecule has 1 heterocycles. The van der Waals surface area contributed by atoms with E-state index in [4.69, 9.17) is 18.6 Å². The number of ether oxygens (including phenoxy) is 3. The number of hydrogen-bond acceptors (Lipinski definition) is 6. The monoisotopic (exact) mass is 341 g/mol. The molecule has 130 valence electrons. The van der Waals surface area contributed by atoms with Crippen LogP contribution in [0.5, 0.6) is 17.2 Å². The highest BCUT2D eigenvalue weighted by atomic mass is 16.5. The molecule has 0 radical (unpaired) electrons. The van der Waals surface area contributed by atoms with Crippen LogP contribution in [0.4, 0.5) is 5.69 Å². The van der Waals surface area contributed by atoms with Crippen molar-refractivity contribution in [3.63, 3.8) is 0 Å². The molecule has 0 atom stereocenters. The zero-order valence-corrected chi connectivity index (χ0v) is 14.3. The van der Waals surface area contributed by atoms with E-state index in [1.54, 1.807) is 32.4 Å². The highest BCUT2D eigenvalue weighted by Crippen LogP contribution is 2.26.